The van der Waals surface area contributed by atoms with E-state index in [2.05, 4.69) is 0 Å². The Kier molecular flexibility index (Phi) is 4.00. The van der Waals surface area contributed by atoms with Gasteiger partial charge in [-0.2, -0.15) is 0 Å². The van der Waals surface area contributed by atoms with E-state index in [0.29, 0.717) is 25.1 Å². The molecule has 0 saturated heterocycles. The van der Waals surface area contributed by atoms with E-state index in [-0.39, 0.29) is 5.91 Å². The summed E-state index contributed by atoms with van der Waals surface area (Å²) >= 11 is 0. The number of carbonyl (C=O) groups is 2. The molecule has 0 saturated carbocycles. The van der Waals surface area contributed by atoms with Crippen LogP contribution in [0.3, 0.4) is 0 Å². The van der Waals surface area contributed by atoms with Gasteiger partial charge in [-0.3, -0.25) is 4.79 Å². The molecule has 1 heterocycles. The van der Waals surface area contributed by atoms with Gasteiger partial charge in [-0.05, 0) is 24.5 Å². The van der Waals surface area contributed by atoms with E-state index in [4.69, 9.17) is 5.11 Å². The number of amides is 1. The van der Waals surface area contributed by atoms with Crippen molar-refractivity contribution in [1.82, 2.24) is 4.90 Å². The molecule has 4 nitrogen and oxygen atoms in total. The summed E-state index contributed by atoms with van der Waals surface area (Å²) in [4.78, 5) is 24.8. The first-order chi connectivity index (χ1) is 9.13. The average molecular weight is 259 g/mol. The fourth-order valence-corrected chi connectivity index (χ4v) is 2.25. The summed E-state index contributed by atoms with van der Waals surface area (Å²) in [7, 11) is 0. The van der Waals surface area contributed by atoms with Crippen LogP contribution in [0.5, 0.6) is 0 Å². The number of carbonyl (C=O) groups excluding carboxylic acids is 1. The van der Waals surface area contributed by atoms with Crippen LogP contribution in [0.4, 0.5) is 0 Å². The van der Waals surface area contributed by atoms with Gasteiger partial charge in [0.25, 0.3) is 5.91 Å². The number of benzene rings is 1. The number of rotatable bonds is 4. The fourth-order valence-electron chi connectivity index (χ4n) is 2.25. The highest BCUT2D eigenvalue weighted by Gasteiger charge is 2.23. The maximum absolute atomic E-state index is 12.2. The lowest BCUT2D eigenvalue weighted by molar-refractivity contribution is -0.132. The second-order valence-electron chi connectivity index (χ2n) is 4.55. The summed E-state index contributed by atoms with van der Waals surface area (Å²) in [6.45, 7) is 2.80. The second-order valence-corrected chi connectivity index (χ2v) is 4.55. The van der Waals surface area contributed by atoms with Crippen molar-refractivity contribution in [2.45, 2.75) is 19.8 Å². The van der Waals surface area contributed by atoms with Crippen LogP contribution in [0.15, 0.2) is 35.9 Å². The Labute approximate surface area is 112 Å². The molecule has 0 spiro atoms. The highest BCUT2D eigenvalue weighted by molar-refractivity contribution is 5.97. The molecule has 1 aliphatic heterocycles. The average Bonchev–Trinajstić information content (AvgIpc) is 2.41. The lowest BCUT2D eigenvalue weighted by Gasteiger charge is -2.27. The third kappa shape index (κ3) is 2.84. The molecule has 0 radical (unpaired) electrons. The van der Waals surface area contributed by atoms with E-state index in [1.54, 1.807) is 17.9 Å². The molecule has 0 aliphatic carbocycles. The second kappa shape index (κ2) is 5.69. The monoisotopic (exact) mass is 259 g/mol. The fraction of sp³-hybridized carbons (Fsp3) is 0.333. The van der Waals surface area contributed by atoms with Crippen LogP contribution < -0.4 is 0 Å². The summed E-state index contributed by atoms with van der Waals surface area (Å²) in [5, 5.41) is 8.95. The predicted octanol–water partition coefficient (Wildman–Crippen LogP) is 2.11. The molecule has 1 amide bonds. The lowest BCUT2D eigenvalue weighted by Crippen LogP contribution is -2.37. The number of carboxylic acid groups (broad SMARTS) is 1. The lowest BCUT2D eigenvalue weighted by atomic mass is 9.99. The van der Waals surface area contributed by atoms with Crippen LogP contribution in [0.25, 0.3) is 0 Å². The molecular formula is C15H17NO3. The maximum Gasteiger partial charge on any atom is 0.331 e. The third-order valence-electron chi connectivity index (χ3n) is 3.40. The van der Waals surface area contributed by atoms with Crippen LogP contribution in [0.2, 0.25) is 0 Å². The van der Waals surface area contributed by atoms with Crippen LogP contribution in [0.1, 0.15) is 29.3 Å². The van der Waals surface area contributed by atoms with E-state index in [9.17, 15) is 9.59 Å². The number of carboxylic acids is 1. The van der Waals surface area contributed by atoms with E-state index < -0.39 is 5.97 Å². The first-order valence-electron chi connectivity index (χ1n) is 6.43. The number of nitrogens with zero attached hydrogens (tertiary/aromatic N) is 1. The summed E-state index contributed by atoms with van der Waals surface area (Å²) in [5.41, 5.74) is 2.16. The molecule has 0 unspecified atom stereocenters. The Morgan fingerprint density at radius 2 is 2.16 bits per heavy atom. The molecule has 1 aromatic rings. The first-order valence-corrected chi connectivity index (χ1v) is 6.43. The number of hydrogen-bond acceptors (Lipinski definition) is 2. The maximum atomic E-state index is 12.2. The van der Waals surface area contributed by atoms with Gasteiger partial charge in [-0.25, -0.2) is 4.79 Å². The molecule has 19 heavy (non-hydrogen) atoms. The van der Waals surface area contributed by atoms with Gasteiger partial charge < -0.3 is 10.0 Å². The van der Waals surface area contributed by atoms with Crippen molar-refractivity contribution in [2.75, 3.05) is 13.1 Å². The van der Waals surface area contributed by atoms with E-state index in [1.807, 2.05) is 24.3 Å². The van der Waals surface area contributed by atoms with Crippen molar-refractivity contribution in [3.05, 3.63) is 47.0 Å². The normalized spacial score (nSPS) is 15.3. The van der Waals surface area contributed by atoms with E-state index >= 15 is 0 Å². The number of hydrogen-bond donors (Lipinski definition) is 1. The zero-order chi connectivity index (χ0) is 13.8. The minimum absolute atomic E-state index is 0.0149. The third-order valence-corrected chi connectivity index (χ3v) is 3.40. The van der Waals surface area contributed by atoms with Gasteiger partial charge in [0, 0.05) is 24.2 Å². The minimum atomic E-state index is -0.910. The molecule has 100 valence electrons. The molecule has 0 atom stereocenters. The molecule has 0 fully saturated rings. The van der Waals surface area contributed by atoms with Crippen molar-refractivity contribution in [2.24, 2.45) is 0 Å². The van der Waals surface area contributed by atoms with Crippen molar-refractivity contribution >= 4 is 11.9 Å². The minimum Gasteiger partial charge on any atom is -0.478 e. The van der Waals surface area contributed by atoms with Crippen molar-refractivity contribution in [3.63, 3.8) is 0 Å². The molecule has 2 rings (SSSR count). The highest BCUT2D eigenvalue weighted by Crippen LogP contribution is 2.18. The predicted molar refractivity (Wildman–Crippen MR) is 72.1 cm³/mol. The Bertz CT molecular complexity index is 534. The van der Waals surface area contributed by atoms with Crippen LogP contribution in [0, 0.1) is 0 Å². The summed E-state index contributed by atoms with van der Waals surface area (Å²) < 4.78 is 0. The molecule has 0 bridgehead atoms. The topological polar surface area (TPSA) is 57.6 Å². The van der Waals surface area contributed by atoms with E-state index in [0.717, 1.165) is 17.5 Å². The molecule has 1 N–H and O–H groups in total. The van der Waals surface area contributed by atoms with Crippen molar-refractivity contribution in [3.8, 4) is 0 Å². The zero-order valence-corrected chi connectivity index (χ0v) is 10.9. The van der Waals surface area contributed by atoms with Gasteiger partial charge in [-0.15, -0.1) is 0 Å². The van der Waals surface area contributed by atoms with Gasteiger partial charge in [0.15, 0.2) is 0 Å². The number of fused-ring (bicyclic) bond motifs is 1. The summed E-state index contributed by atoms with van der Waals surface area (Å²) in [6.07, 6.45) is 2.92. The quantitative estimate of drug-likeness (QED) is 0.842. The van der Waals surface area contributed by atoms with Crippen LogP contribution in [-0.2, 0) is 11.2 Å². The highest BCUT2D eigenvalue weighted by atomic mass is 16.4. The van der Waals surface area contributed by atoms with Crippen LogP contribution >= 0.6 is 0 Å². The largest absolute Gasteiger partial charge is 0.478 e. The molecule has 1 aliphatic rings. The Morgan fingerprint density at radius 3 is 2.84 bits per heavy atom. The van der Waals surface area contributed by atoms with Gasteiger partial charge in [-0.1, -0.05) is 31.2 Å². The van der Waals surface area contributed by atoms with Crippen molar-refractivity contribution in [1.29, 1.82) is 0 Å². The standard InChI is InChI=1S/C15H17NO3/c1-2-11(15(18)19)7-9-16-10-8-12-5-3-4-6-13(12)14(16)17/h3-7H,2,8-10H2,1H3,(H,18,19). The van der Waals surface area contributed by atoms with Crippen LogP contribution in [-0.4, -0.2) is 35.0 Å². The van der Waals surface area contributed by atoms with E-state index in [1.165, 1.54) is 0 Å². The Morgan fingerprint density at radius 1 is 1.42 bits per heavy atom. The SMILES string of the molecule is CCC(=CCN1CCc2ccccc2C1=O)C(=O)O. The Balaban J connectivity index is 2.13. The Hall–Kier alpha value is -2.10. The van der Waals surface area contributed by atoms with Gasteiger partial charge >= 0.3 is 5.97 Å². The molecule has 4 heteroatoms. The molecular weight excluding hydrogens is 242 g/mol. The summed E-state index contributed by atoms with van der Waals surface area (Å²) in [5.74, 6) is -0.925. The number of aliphatic carboxylic acids is 1. The molecule has 1 aromatic carbocycles. The summed E-state index contributed by atoms with van der Waals surface area (Å²) in [6, 6.07) is 7.58. The zero-order valence-electron chi connectivity index (χ0n) is 10.9. The van der Waals surface area contributed by atoms with Gasteiger partial charge in [0.1, 0.15) is 0 Å². The first kappa shape index (κ1) is 13.3. The van der Waals surface area contributed by atoms with Gasteiger partial charge in [0.2, 0.25) is 0 Å². The smallest absolute Gasteiger partial charge is 0.331 e. The molecule has 0 aromatic heterocycles. The van der Waals surface area contributed by atoms with Gasteiger partial charge in [0.05, 0.1) is 0 Å². The van der Waals surface area contributed by atoms with Crippen molar-refractivity contribution < 1.29 is 14.7 Å².